The summed E-state index contributed by atoms with van der Waals surface area (Å²) in [5.41, 5.74) is 3.37. The lowest BCUT2D eigenvalue weighted by atomic mass is 9.94. The number of rotatable bonds is 4. The molecule has 0 saturated carbocycles. The van der Waals surface area contributed by atoms with Crippen molar-refractivity contribution in [3.05, 3.63) is 45.0 Å². The Morgan fingerprint density at radius 1 is 1.11 bits per heavy atom. The first-order valence-electron chi connectivity index (χ1n) is 9.71. The summed E-state index contributed by atoms with van der Waals surface area (Å²) in [6, 6.07) is 3.88. The molecule has 5 nitrogen and oxygen atoms in total. The second kappa shape index (κ2) is 6.87. The minimum absolute atomic E-state index is 0.0400. The number of nitrogens with one attached hydrogen (secondary N) is 1. The fourth-order valence-electron chi connectivity index (χ4n) is 3.89. The van der Waals surface area contributed by atoms with Gasteiger partial charge in [0, 0.05) is 35.4 Å². The third-order valence-electron chi connectivity index (χ3n) is 5.41. The Hall–Kier alpha value is -2.56. The molecule has 27 heavy (non-hydrogen) atoms. The Morgan fingerprint density at radius 3 is 2.63 bits per heavy atom. The van der Waals surface area contributed by atoms with Crippen LogP contribution in [0.5, 0.6) is 0 Å². The number of carbonyl (C=O) groups excluding carboxylic acids is 1. The molecule has 0 atom stereocenters. The van der Waals surface area contributed by atoms with E-state index in [1.807, 2.05) is 26.8 Å². The Bertz CT molecular complexity index is 1090. The van der Waals surface area contributed by atoms with Gasteiger partial charge < -0.3 is 14.2 Å². The van der Waals surface area contributed by atoms with Crippen molar-refractivity contribution in [2.45, 2.75) is 52.9 Å². The van der Waals surface area contributed by atoms with E-state index in [0.717, 1.165) is 46.9 Å². The highest BCUT2D eigenvalue weighted by molar-refractivity contribution is 5.97. The molecule has 0 fully saturated rings. The predicted molar refractivity (Wildman–Crippen MR) is 105 cm³/mol. The van der Waals surface area contributed by atoms with Crippen molar-refractivity contribution >= 4 is 27.8 Å². The van der Waals surface area contributed by atoms with E-state index in [-0.39, 0.29) is 12.3 Å². The van der Waals surface area contributed by atoms with Gasteiger partial charge >= 0.3 is 5.63 Å². The summed E-state index contributed by atoms with van der Waals surface area (Å²) in [4.78, 5) is 24.7. The lowest BCUT2D eigenvalue weighted by molar-refractivity contribution is -0.120. The maximum absolute atomic E-state index is 12.5. The summed E-state index contributed by atoms with van der Waals surface area (Å²) < 4.78 is 11.5. The highest BCUT2D eigenvalue weighted by atomic mass is 16.4. The summed E-state index contributed by atoms with van der Waals surface area (Å²) in [5, 5.41) is 4.84. The van der Waals surface area contributed by atoms with Crippen LogP contribution in [0.1, 0.15) is 49.1 Å². The molecule has 0 saturated heterocycles. The van der Waals surface area contributed by atoms with Crippen LogP contribution in [0.4, 0.5) is 0 Å². The van der Waals surface area contributed by atoms with Crippen molar-refractivity contribution in [1.29, 1.82) is 0 Å². The topological polar surface area (TPSA) is 72.5 Å². The number of fused-ring (bicyclic) bond motifs is 4. The van der Waals surface area contributed by atoms with Gasteiger partial charge in [-0.2, -0.15) is 0 Å². The molecule has 3 aromatic rings. The Kier molecular flexibility index (Phi) is 4.54. The zero-order chi connectivity index (χ0) is 19.1. The van der Waals surface area contributed by atoms with E-state index < -0.39 is 5.63 Å². The van der Waals surface area contributed by atoms with Gasteiger partial charge in [0.15, 0.2) is 0 Å². The lowest BCUT2D eigenvalue weighted by Crippen LogP contribution is -2.30. The standard InChI is InChI=1S/C22H25NO4/c1-12(2)11-23-21(24)9-16-13(3)15-8-17-14-6-4-5-7-18(14)26-20(17)10-19(15)27-22(16)25/h8,10,12H,4-7,9,11H2,1-3H3,(H,23,24). The van der Waals surface area contributed by atoms with Crippen LogP contribution in [0.2, 0.25) is 0 Å². The molecule has 2 aromatic heterocycles. The monoisotopic (exact) mass is 367 g/mol. The van der Waals surface area contributed by atoms with Crippen molar-refractivity contribution in [3.8, 4) is 0 Å². The third kappa shape index (κ3) is 3.27. The minimum atomic E-state index is -0.449. The molecule has 4 rings (SSSR count). The van der Waals surface area contributed by atoms with Gasteiger partial charge in [0.05, 0.1) is 12.0 Å². The van der Waals surface area contributed by atoms with Crippen LogP contribution in [0.3, 0.4) is 0 Å². The van der Waals surface area contributed by atoms with E-state index in [1.54, 1.807) is 0 Å². The van der Waals surface area contributed by atoms with E-state index in [9.17, 15) is 9.59 Å². The molecule has 1 aromatic carbocycles. The average Bonchev–Trinajstić information content (AvgIpc) is 2.99. The second-order valence-electron chi connectivity index (χ2n) is 7.92. The highest BCUT2D eigenvalue weighted by Gasteiger charge is 2.21. The Labute approximate surface area is 157 Å². The molecule has 1 aliphatic carbocycles. The normalized spacial score (nSPS) is 14.1. The molecule has 142 valence electrons. The first-order chi connectivity index (χ1) is 12.9. The van der Waals surface area contributed by atoms with Crippen LogP contribution >= 0.6 is 0 Å². The van der Waals surface area contributed by atoms with Crippen molar-refractivity contribution < 1.29 is 13.6 Å². The van der Waals surface area contributed by atoms with Gasteiger partial charge in [0.25, 0.3) is 0 Å². The van der Waals surface area contributed by atoms with Crippen LogP contribution < -0.4 is 10.9 Å². The van der Waals surface area contributed by atoms with Gasteiger partial charge in [0.1, 0.15) is 16.9 Å². The van der Waals surface area contributed by atoms with Crippen LogP contribution in [0.15, 0.2) is 25.8 Å². The number of carbonyl (C=O) groups is 1. The number of aryl methyl sites for hydroxylation is 3. The summed E-state index contributed by atoms with van der Waals surface area (Å²) >= 11 is 0. The molecule has 2 heterocycles. The van der Waals surface area contributed by atoms with E-state index in [0.29, 0.717) is 23.6 Å². The molecule has 5 heteroatoms. The van der Waals surface area contributed by atoms with Gasteiger partial charge in [-0.3, -0.25) is 4.79 Å². The molecule has 1 amide bonds. The summed E-state index contributed by atoms with van der Waals surface area (Å²) in [5.74, 6) is 1.27. The quantitative estimate of drug-likeness (QED) is 0.706. The summed E-state index contributed by atoms with van der Waals surface area (Å²) in [6.07, 6.45) is 4.34. The molecular weight excluding hydrogens is 342 g/mol. The molecule has 1 N–H and O–H groups in total. The van der Waals surface area contributed by atoms with Gasteiger partial charge in [0.2, 0.25) is 5.91 Å². The summed E-state index contributed by atoms with van der Waals surface area (Å²) in [7, 11) is 0. The van der Waals surface area contributed by atoms with Crippen LogP contribution in [0.25, 0.3) is 21.9 Å². The van der Waals surface area contributed by atoms with Crippen LogP contribution in [-0.2, 0) is 24.1 Å². The predicted octanol–water partition coefficient (Wildman–Crippen LogP) is 4.04. The van der Waals surface area contributed by atoms with Crippen LogP contribution in [0, 0.1) is 12.8 Å². The third-order valence-corrected chi connectivity index (χ3v) is 5.41. The molecule has 1 aliphatic rings. The van der Waals surface area contributed by atoms with Crippen molar-refractivity contribution in [2.24, 2.45) is 5.92 Å². The maximum atomic E-state index is 12.5. The number of hydrogen-bond acceptors (Lipinski definition) is 4. The highest BCUT2D eigenvalue weighted by Crippen LogP contribution is 2.35. The fraction of sp³-hybridized carbons (Fsp3) is 0.455. The number of hydrogen-bond donors (Lipinski definition) is 1. The van der Waals surface area contributed by atoms with Crippen molar-refractivity contribution in [3.63, 3.8) is 0 Å². The maximum Gasteiger partial charge on any atom is 0.340 e. The zero-order valence-electron chi connectivity index (χ0n) is 16.1. The van der Waals surface area contributed by atoms with Crippen molar-refractivity contribution in [1.82, 2.24) is 5.32 Å². The van der Waals surface area contributed by atoms with E-state index >= 15 is 0 Å². The number of amides is 1. The fourth-order valence-corrected chi connectivity index (χ4v) is 3.89. The number of furan rings is 1. The minimum Gasteiger partial charge on any atom is -0.461 e. The Morgan fingerprint density at radius 2 is 1.85 bits per heavy atom. The summed E-state index contributed by atoms with van der Waals surface area (Å²) in [6.45, 7) is 6.56. The second-order valence-corrected chi connectivity index (χ2v) is 7.92. The Balaban J connectivity index is 1.78. The van der Waals surface area contributed by atoms with Gasteiger partial charge in [-0.25, -0.2) is 4.79 Å². The van der Waals surface area contributed by atoms with Gasteiger partial charge in [-0.05, 0) is 43.7 Å². The van der Waals surface area contributed by atoms with Crippen LogP contribution in [-0.4, -0.2) is 12.5 Å². The van der Waals surface area contributed by atoms with Gasteiger partial charge in [-0.1, -0.05) is 13.8 Å². The average molecular weight is 367 g/mol. The molecule has 0 unspecified atom stereocenters. The smallest absolute Gasteiger partial charge is 0.340 e. The number of benzene rings is 1. The molecule has 0 spiro atoms. The molecule has 0 radical (unpaired) electrons. The molecule has 0 aliphatic heterocycles. The van der Waals surface area contributed by atoms with Gasteiger partial charge in [-0.15, -0.1) is 0 Å². The first kappa shape index (κ1) is 17.8. The largest absolute Gasteiger partial charge is 0.461 e. The van der Waals surface area contributed by atoms with Crippen molar-refractivity contribution in [2.75, 3.05) is 6.54 Å². The van der Waals surface area contributed by atoms with E-state index in [4.69, 9.17) is 8.83 Å². The zero-order valence-corrected chi connectivity index (χ0v) is 16.1. The van der Waals surface area contributed by atoms with E-state index in [1.165, 1.54) is 12.0 Å². The lowest BCUT2D eigenvalue weighted by Gasteiger charge is -2.10. The SMILES string of the molecule is Cc1c(CC(=O)NCC(C)C)c(=O)oc2cc3oc4c(c3cc12)CCCC4. The van der Waals surface area contributed by atoms with E-state index in [2.05, 4.69) is 11.4 Å². The molecule has 0 bridgehead atoms. The molecular formula is C22H25NO4. The first-order valence-corrected chi connectivity index (χ1v) is 9.71.